The molecule has 0 bridgehead atoms. The molecule has 1 heterocycles. The van der Waals surface area contributed by atoms with Crippen LogP contribution in [0.5, 0.6) is 0 Å². The quantitative estimate of drug-likeness (QED) is 0.715. The average molecular weight is 422 g/mol. The Morgan fingerprint density at radius 3 is 2.30 bits per heavy atom. The molecule has 0 unspecified atom stereocenters. The van der Waals surface area contributed by atoms with Crippen molar-refractivity contribution in [3.8, 4) is 6.07 Å². The van der Waals surface area contributed by atoms with E-state index < -0.39 is 0 Å². The van der Waals surface area contributed by atoms with E-state index in [4.69, 9.17) is 16.9 Å². The van der Waals surface area contributed by atoms with E-state index in [9.17, 15) is 4.79 Å². The molecule has 1 amide bonds. The molecule has 0 spiro atoms. The first kappa shape index (κ1) is 20.9. The molecule has 30 heavy (non-hydrogen) atoms. The Bertz CT molecular complexity index is 911. The van der Waals surface area contributed by atoms with Crippen LogP contribution in [0.3, 0.4) is 0 Å². The van der Waals surface area contributed by atoms with Gasteiger partial charge in [-0.15, -0.1) is 0 Å². The van der Waals surface area contributed by atoms with E-state index in [-0.39, 0.29) is 5.41 Å². The highest BCUT2D eigenvalue weighted by molar-refractivity contribution is 6.30. The molecular weight excluding hydrogens is 394 g/mol. The van der Waals surface area contributed by atoms with Crippen LogP contribution in [-0.4, -0.2) is 41.9 Å². The standard InChI is InChI=1S/C25H28ClN3O/c26-23-10-8-22(9-11-23)25(12-1-2-13-25)24(30)29-15-3-14-28(16-17-29)19-21-6-4-20(18-27)5-7-21/h4-11H,1-3,12-17,19H2. The van der Waals surface area contributed by atoms with Gasteiger partial charge in [0.25, 0.3) is 0 Å². The number of hydrogen-bond acceptors (Lipinski definition) is 3. The Labute approximate surface area is 184 Å². The summed E-state index contributed by atoms with van der Waals surface area (Å²) in [6, 6.07) is 17.9. The third-order valence-electron chi connectivity index (χ3n) is 6.63. The van der Waals surface area contributed by atoms with Crippen molar-refractivity contribution < 1.29 is 4.79 Å². The van der Waals surface area contributed by atoms with Gasteiger partial charge in [0, 0.05) is 37.7 Å². The van der Waals surface area contributed by atoms with Gasteiger partial charge in [-0.05, 0) is 54.7 Å². The fourth-order valence-corrected chi connectivity index (χ4v) is 5.08. The molecule has 2 fully saturated rings. The molecule has 2 aromatic carbocycles. The first-order valence-corrected chi connectivity index (χ1v) is 11.3. The summed E-state index contributed by atoms with van der Waals surface area (Å²) in [5.74, 6) is 0.294. The Kier molecular flexibility index (Phi) is 6.41. The maximum atomic E-state index is 13.7. The fourth-order valence-electron chi connectivity index (χ4n) is 4.95. The Morgan fingerprint density at radius 1 is 0.933 bits per heavy atom. The number of carbonyl (C=O) groups excluding carboxylic acids is 1. The van der Waals surface area contributed by atoms with Gasteiger partial charge in [0.1, 0.15) is 0 Å². The van der Waals surface area contributed by atoms with Crippen LogP contribution in [-0.2, 0) is 16.8 Å². The van der Waals surface area contributed by atoms with Gasteiger partial charge in [-0.1, -0.05) is 48.7 Å². The number of hydrogen-bond donors (Lipinski definition) is 0. The van der Waals surface area contributed by atoms with Gasteiger partial charge in [0.05, 0.1) is 17.0 Å². The predicted octanol–water partition coefficient (Wildman–Crippen LogP) is 4.76. The van der Waals surface area contributed by atoms with E-state index >= 15 is 0 Å². The number of rotatable bonds is 4. The molecule has 4 nitrogen and oxygen atoms in total. The monoisotopic (exact) mass is 421 g/mol. The fraction of sp³-hybridized carbons (Fsp3) is 0.440. The van der Waals surface area contributed by atoms with Crippen LogP contribution in [0.2, 0.25) is 5.02 Å². The minimum atomic E-state index is -0.382. The van der Waals surface area contributed by atoms with Gasteiger partial charge in [0.15, 0.2) is 0 Å². The SMILES string of the molecule is N#Cc1ccc(CN2CCCN(C(=O)C3(c4ccc(Cl)cc4)CCCC3)CC2)cc1. The molecule has 2 aromatic rings. The first-order valence-electron chi connectivity index (χ1n) is 10.9. The summed E-state index contributed by atoms with van der Waals surface area (Å²) in [5.41, 5.74) is 2.64. The molecule has 2 aliphatic rings. The third kappa shape index (κ3) is 4.38. The summed E-state index contributed by atoms with van der Waals surface area (Å²) in [5, 5.41) is 9.69. The number of amides is 1. The lowest BCUT2D eigenvalue weighted by atomic mass is 9.77. The average Bonchev–Trinajstić information content (AvgIpc) is 3.16. The molecule has 156 valence electrons. The molecule has 1 aliphatic heterocycles. The third-order valence-corrected chi connectivity index (χ3v) is 6.88. The number of benzene rings is 2. The van der Waals surface area contributed by atoms with Crippen LogP contribution >= 0.6 is 11.6 Å². The van der Waals surface area contributed by atoms with Crippen LogP contribution in [0.4, 0.5) is 0 Å². The van der Waals surface area contributed by atoms with Crippen molar-refractivity contribution in [2.45, 2.75) is 44.1 Å². The maximum Gasteiger partial charge on any atom is 0.233 e. The number of carbonyl (C=O) groups is 1. The van der Waals surface area contributed by atoms with Crippen LogP contribution in [0.1, 0.15) is 48.8 Å². The summed E-state index contributed by atoms with van der Waals surface area (Å²) in [4.78, 5) is 18.3. The van der Waals surface area contributed by atoms with Gasteiger partial charge in [0.2, 0.25) is 5.91 Å². The summed E-state index contributed by atoms with van der Waals surface area (Å²) in [7, 11) is 0. The molecular formula is C25H28ClN3O. The van der Waals surface area contributed by atoms with Gasteiger partial charge >= 0.3 is 0 Å². The minimum absolute atomic E-state index is 0.294. The van der Waals surface area contributed by atoms with Gasteiger partial charge < -0.3 is 4.90 Å². The highest BCUT2D eigenvalue weighted by atomic mass is 35.5. The Morgan fingerprint density at radius 2 is 1.63 bits per heavy atom. The van der Waals surface area contributed by atoms with Crippen molar-refractivity contribution in [2.75, 3.05) is 26.2 Å². The Balaban J connectivity index is 1.44. The van der Waals surface area contributed by atoms with Crippen LogP contribution in [0, 0.1) is 11.3 Å². The second kappa shape index (κ2) is 9.20. The van der Waals surface area contributed by atoms with E-state index in [2.05, 4.69) is 15.9 Å². The van der Waals surface area contributed by atoms with Crippen LogP contribution in [0.15, 0.2) is 48.5 Å². The lowest BCUT2D eigenvalue weighted by Gasteiger charge is -2.34. The number of nitriles is 1. The van der Waals surface area contributed by atoms with E-state index in [1.165, 1.54) is 5.56 Å². The van der Waals surface area contributed by atoms with Crippen molar-refractivity contribution in [3.05, 3.63) is 70.2 Å². The predicted molar refractivity (Wildman–Crippen MR) is 119 cm³/mol. The molecule has 1 saturated carbocycles. The molecule has 1 saturated heterocycles. The van der Waals surface area contributed by atoms with Crippen LogP contribution < -0.4 is 0 Å². The normalized spacial score (nSPS) is 19.3. The second-order valence-electron chi connectivity index (χ2n) is 8.53. The molecule has 0 aromatic heterocycles. The van der Waals surface area contributed by atoms with Gasteiger partial charge in [-0.3, -0.25) is 9.69 Å². The zero-order valence-corrected chi connectivity index (χ0v) is 18.1. The van der Waals surface area contributed by atoms with Crippen molar-refractivity contribution in [2.24, 2.45) is 0 Å². The van der Waals surface area contributed by atoms with Crippen molar-refractivity contribution in [1.29, 1.82) is 5.26 Å². The largest absolute Gasteiger partial charge is 0.341 e. The van der Waals surface area contributed by atoms with Crippen molar-refractivity contribution >= 4 is 17.5 Å². The first-order chi connectivity index (χ1) is 14.6. The van der Waals surface area contributed by atoms with E-state index in [0.717, 1.165) is 70.4 Å². The van der Waals surface area contributed by atoms with Crippen molar-refractivity contribution in [1.82, 2.24) is 9.80 Å². The van der Waals surface area contributed by atoms with E-state index in [0.29, 0.717) is 16.5 Å². The van der Waals surface area contributed by atoms with Crippen LogP contribution in [0.25, 0.3) is 0 Å². The second-order valence-corrected chi connectivity index (χ2v) is 8.96. The molecule has 5 heteroatoms. The zero-order chi connectivity index (χ0) is 21.0. The molecule has 0 N–H and O–H groups in total. The molecule has 4 rings (SSSR count). The summed E-state index contributed by atoms with van der Waals surface area (Å²) < 4.78 is 0. The maximum absolute atomic E-state index is 13.7. The topological polar surface area (TPSA) is 47.3 Å². The smallest absolute Gasteiger partial charge is 0.233 e. The highest BCUT2D eigenvalue weighted by Crippen LogP contribution is 2.43. The number of nitrogens with zero attached hydrogens (tertiary/aromatic N) is 3. The number of halogens is 1. The van der Waals surface area contributed by atoms with E-state index in [1.807, 2.05) is 48.5 Å². The van der Waals surface area contributed by atoms with Crippen molar-refractivity contribution in [3.63, 3.8) is 0 Å². The molecule has 1 aliphatic carbocycles. The zero-order valence-electron chi connectivity index (χ0n) is 17.3. The highest BCUT2D eigenvalue weighted by Gasteiger charge is 2.45. The lowest BCUT2D eigenvalue weighted by molar-refractivity contribution is -0.137. The minimum Gasteiger partial charge on any atom is -0.341 e. The Hall–Kier alpha value is -2.35. The van der Waals surface area contributed by atoms with Gasteiger partial charge in [-0.25, -0.2) is 0 Å². The lowest BCUT2D eigenvalue weighted by Crippen LogP contribution is -2.46. The summed E-state index contributed by atoms with van der Waals surface area (Å²) in [6.07, 6.45) is 5.05. The summed E-state index contributed by atoms with van der Waals surface area (Å²) in [6.45, 7) is 4.30. The molecule has 0 radical (unpaired) electrons. The molecule has 0 atom stereocenters. The van der Waals surface area contributed by atoms with E-state index in [1.54, 1.807) is 0 Å². The summed E-state index contributed by atoms with van der Waals surface area (Å²) >= 11 is 6.10. The van der Waals surface area contributed by atoms with Gasteiger partial charge in [-0.2, -0.15) is 5.26 Å².